The van der Waals surface area contributed by atoms with Crippen molar-refractivity contribution >= 4 is 16.8 Å². The van der Waals surface area contributed by atoms with Gasteiger partial charge in [-0.2, -0.15) is 0 Å². The molecular formula is C22H23N3O4. The highest BCUT2D eigenvalue weighted by molar-refractivity contribution is 6.01. The van der Waals surface area contributed by atoms with Crippen LogP contribution in [0.1, 0.15) is 28.5 Å². The second kappa shape index (κ2) is 6.69. The van der Waals surface area contributed by atoms with E-state index in [0.29, 0.717) is 42.7 Å². The molecule has 3 aromatic rings. The third kappa shape index (κ3) is 2.80. The molecule has 4 heterocycles. The molecule has 0 unspecified atom stereocenters. The summed E-state index contributed by atoms with van der Waals surface area (Å²) in [5, 5.41) is 0.823. The van der Waals surface area contributed by atoms with Crippen LogP contribution < -0.4 is 15.0 Å². The van der Waals surface area contributed by atoms with Crippen LogP contribution in [-0.2, 0) is 6.54 Å². The van der Waals surface area contributed by atoms with E-state index >= 15 is 0 Å². The standard InChI is InChI=1S/C22H23N3O4/c1-28-18-6-7-19(29-2)21-15(18)9-16(23-21)22(27)24-10-13-8-14(12-24)17-4-3-5-20(26)25(17)11-13/h3-7,9,13-14,23H,8,10-12H2,1-2H3/t13-,14+/m1/s1. The topological polar surface area (TPSA) is 76.6 Å². The Kier molecular flexibility index (Phi) is 4.12. The molecule has 7 heteroatoms. The molecule has 29 heavy (non-hydrogen) atoms. The van der Waals surface area contributed by atoms with Gasteiger partial charge in [-0.3, -0.25) is 9.59 Å². The normalized spacial score (nSPS) is 20.4. The molecule has 5 rings (SSSR count). The fraction of sp³-hybridized carbons (Fsp3) is 0.364. The number of H-pyrrole nitrogens is 1. The third-order valence-electron chi connectivity index (χ3n) is 6.15. The third-order valence-corrected chi connectivity index (χ3v) is 6.15. The van der Waals surface area contributed by atoms with E-state index < -0.39 is 0 Å². The van der Waals surface area contributed by atoms with Crippen molar-refractivity contribution in [3.05, 3.63) is 58.1 Å². The first-order chi connectivity index (χ1) is 14.1. The molecule has 1 amide bonds. The average Bonchev–Trinajstić information content (AvgIpc) is 3.18. The molecule has 2 bridgehead atoms. The minimum Gasteiger partial charge on any atom is -0.496 e. The number of pyridine rings is 1. The summed E-state index contributed by atoms with van der Waals surface area (Å²) in [6.07, 6.45) is 1.02. The quantitative estimate of drug-likeness (QED) is 0.742. The van der Waals surface area contributed by atoms with Crippen LogP contribution in [0.5, 0.6) is 11.5 Å². The molecular weight excluding hydrogens is 370 g/mol. The highest BCUT2D eigenvalue weighted by Gasteiger charge is 2.36. The monoisotopic (exact) mass is 393 g/mol. The van der Waals surface area contributed by atoms with E-state index in [-0.39, 0.29) is 17.4 Å². The van der Waals surface area contributed by atoms with Crippen molar-refractivity contribution in [1.29, 1.82) is 0 Å². The minimum atomic E-state index is -0.0354. The minimum absolute atomic E-state index is 0.0354. The van der Waals surface area contributed by atoms with Gasteiger partial charge in [0.2, 0.25) is 0 Å². The number of ether oxygens (including phenoxy) is 2. The average molecular weight is 393 g/mol. The zero-order valence-electron chi connectivity index (χ0n) is 16.5. The Bertz CT molecular complexity index is 1120. The number of hydrogen-bond donors (Lipinski definition) is 1. The van der Waals surface area contributed by atoms with Gasteiger partial charge in [-0.25, -0.2) is 0 Å². The number of nitrogens with one attached hydrogen (secondary N) is 1. The highest BCUT2D eigenvalue weighted by Crippen LogP contribution is 2.37. The number of carbonyl (C=O) groups is 1. The molecule has 0 spiro atoms. The second-order valence-corrected chi connectivity index (χ2v) is 7.85. The number of hydrogen-bond acceptors (Lipinski definition) is 4. The van der Waals surface area contributed by atoms with Gasteiger partial charge in [0.1, 0.15) is 17.2 Å². The number of carbonyl (C=O) groups excluding carboxylic acids is 1. The number of aromatic amines is 1. The van der Waals surface area contributed by atoms with Crippen molar-refractivity contribution in [1.82, 2.24) is 14.5 Å². The maximum absolute atomic E-state index is 13.3. The van der Waals surface area contributed by atoms with E-state index in [0.717, 1.165) is 23.0 Å². The summed E-state index contributed by atoms with van der Waals surface area (Å²) >= 11 is 0. The molecule has 0 radical (unpaired) electrons. The summed E-state index contributed by atoms with van der Waals surface area (Å²) in [5.74, 6) is 1.81. The lowest BCUT2D eigenvalue weighted by molar-refractivity contribution is 0.0589. The SMILES string of the molecule is COc1ccc(OC)c2[nH]c(C(=O)N3C[C@H]4C[C@@H](C3)c3cccc(=O)n3C4)cc12. The predicted octanol–water partition coefficient (Wildman–Crippen LogP) is 2.61. The van der Waals surface area contributed by atoms with E-state index in [1.807, 2.05) is 39.8 Å². The van der Waals surface area contributed by atoms with E-state index in [2.05, 4.69) is 4.98 Å². The van der Waals surface area contributed by atoms with Gasteiger partial charge >= 0.3 is 0 Å². The molecule has 1 aromatic carbocycles. The molecule has 150 valence electrons. The summed E-state index contributed by atoms with van der Waals surface area (Å²) in [5.41, 5.74) is 2.36. The number of methoxy groups -OCH3 is 2. The maximum Gasteiger partial charge on any atom is 0.270 e. The van der Waals surface area contributed by atoms with Crippen LogP contribution in [0.25, 0.3) is 10.9 Å². The Labute approximate surface area is 167 Å². The van der Waals surface area contributed by atoms with Gasteiger partial charge in [-0.05, 0) is 36.6 Å². The molecule has 7 nitrogen and oxygen atoms in total. The number of likely N-dealkylation sites (tertiary alicyclic amines) is 1. The van der Waals surface area contributed by atoms with Crippen LogP contribution in [0.15, 0.2) is 41.2 Å². The second-order valence-electron chi connectivity index (χ2n) is 7.85. The molecule has 1 fully saturated rings. The molecule has 2 aliphatic rings. The van der Waals surface area contributed by atoms with Crippen molar-refractivity contribution in [3.63, 3.8) is 0 Å². The Balaban J connectivity index is 1.48. The first kappa shape index (κ1) is 17.8. The Morgan fingerprint density at radius 1 is 1.07 bits per heavy atom. The first-order valence-electron chi connectivity index (χ1n) is 9.81. The van der Waals surface area contributed by atoms with Gasteiger partial charge in [0, 0.05) is 42.7 Å². The van der Waals surface area contributed by atoms with E-state index in [9.17, 15) is 9.59 Å². The first-order valence-corrected chi connectivity index (χ1v) is 9.81. The molecule has 2 aliphatic heterocycles. The number of amides is 1. The maximum atomic E-state index is 13.3. The van der Waals surface area contributed by atoms with Gasteiger partial charge in [-0.1, -0.05) is 6.07 Å². The van der Waals surface area contributed by atoms with Crippen molar-refractivity contribution in [2.45, 2.75) is 18.9 Å². The number of aromatic nitrogens is 2. The van der Waals surface area contributed by atoms with Crippen LogP contribution in [0.4, 0.5) is 0 Å². The highest BCUT2D eigenvalue weighted by atomic mass is 16.5. The van der Waals surface area contributed by atoms with Gasteiger partial charge in [0.25, 0.3) is 11.5 Å². The van der Waals surface area contributed by atoms with Gasteiger partial charge in [-0.15, -0.1) is 0 Å². The smallest absolute Gasteiger partial charge is 0.270 e. The van der Waals surface area contributed by atoms with Crippen molar-refractivity contribution in [2.75, 3.05) is 27.3 Å². The number of fused-ring (bicyclic) bond motifs is 5. The Morgan fingerprint density at radius 3 is 2.66 bits per heavy atom. The number of rotatable bonds is 3. The van der Waals surface area contributed by atoms with E-state index in [4.69, 9.17) is 9.47 Å². The lowest BCUT2D eigenvalue weighted by Crippen LogP contribution is -2.49. The molecule has 0 saturated carbocycles. The van der Waals surface area contributed by atoms with Gasteiger partial charge < -0.3 is 23.9 Å². The van der Waals surface area contributed by atoms with Crippen LogP contribution in [0.2, 0.25) is 0 Å². The van der Waals surface area contributed by atoms with Gasteiger partial charge in [0.15, 0.2) is 0 Å². The Hall–Kier alpha value is -3.22. The molecule has 2 aromatic heterocycles. The van der Waals surface area contributed by atoms with Crippen molar-refractivity contribution in [3.8, 4) is 11.5 Å². The van der Waals surface area contributed by atoms with E-state index in [1.54, 1.807) is 20.3 Å². The summed E-state index contributed by atoms with van der Waals surface area (Å²) in [4.78, 5) is 30.7. The zero-order chi connectivity index (χ0) is 20.1. The predicted molar refractivity (Wildman–Crippen MR) is 109 cm³/mol. The summed E-state index contributed by atoms with van der Waals surface area (Å²) < 4.78 is 12.8. The lowest BCUT2D eigenvalue weighted by atomic mass is 9.83. The van der Waals surface area contributed by atoms with Crippen LogP contribution in [-0.4, -0.2) is 47.7 Å². The van der Waals surface area contributed by atoms with Crippen LogP contribution in [0, 0.1) is 5.92 Å². The Morgan fingerprint density at radius 2 is 1.86 bits per heavy atom. The molecule has 2 atom stereocenters. The number of piperidine rings is 1. The number of nitrogens with zero attached hydrogens (tertiary/aromatic N) is 2. The summed E-state index contributed by atoms with van der Waals surface area (Å²) in [6, 6.07) is 10.9. The number of benzene rings is 1. The molecule has 1 N–H and O–H groups in total. The zero-order valence-corrected chi connectivity index (χ0v) is 16.5. The lowest BCUT2D eigenvalue weighted by Gasteiger charge is -2.42. The largest absolute Gasteiger partial charge is 0.496 e. The van der Waals surface area contributed by atoms with Crippen LogP contribution in [0.3, 0.4) is 0 Å². The summed E-state index contributed by atoms with van der Waals surface area (Å²) in [7, 11) is 3.22. The molecule has 0 aliphatic carbocycles. The van der Waals surface area contributed by atoms with Crippen molar-refractivity contribution < 1.29 is 14.3 Å². The molecule has 1 saturated heterocycles. The fourth-order valence-electron chi connectivity index (χ4n) is 4.86. The van der Waals surface area contributed by atoms with Crippen molar-refractivity contribution in [2.24, 2.45) is 5.92 Å². The fourth-order valence-corrected chi connectivity index (χ4v) is 4.86. The van der Waals surface area contributed by atoms with E-state index in [1.165, 1.54) is 0 Å². The van der Waals surface area contributed by atoms with Crippen LogP contribution >= 0.6 is 0 Å². The summed E-state index contributed by atoms with van der Waals surface area (Å²) in [6.45, 7) is 1.94. The van der Waals surface area contributed by atoms with Gasteiger partial charge in [0.05, 0.1) is 19.7 Å².